The number of ether oxygens (including phenoxy) is 2. The topological polar surface area (TPSA) is 51.1 Å². The maximum atomic E-state index is 13.7. The van der Waals surface area contributed by atoms with Crippen molar-refractivity contribution in [2.75, 3.05) is 7.11 Å². The van der Waals surface area contributed by atoms with E-state index in [2.05, 4.69) is 6.58 Å². The monoisotopic (exact) mass is 560 g/mol. The summed E-state index contributed by atoms with van der Waals surface area (Å²) < 4.78 is 12.0. The standard InChI is InChI=1S/C35H32N2O3S/c1-3-13-30-20-29(21-31(39-2)33(30)40-25-28-18-11-6-12-19-28)22-32-34(38)37(24-27-16-9-5-10-17-27)35(41-32)36-23-26-14-7-4-8-15-26/h3-12,14-22H,1,13,23-25H2,2H3/b32-22+,36-35?. The predicted molar refractivity (Wildman–Crippen MR) is 168 cm³/mol. The van der Waals surface area contributed by atoms with E-state index in [1.54, 1.807) is 12.0 Å². The zero-order valence-electron chi connectivity index (χ0n) is 23.0. The van der Waals surface area contributed by atoms with Gasteiger partial charge in [-0.15, -0.1) is 6.58 Å². The largest absolute Gasteiger partial charge is 0.493 e. The Morgan fingerprint density at radius 2 is 1.51 bits per heavy atom. The molecule has 1 amide bonds. The fourth-order valence-corrected chi connectivity index (χ4v) is 5.52. The molecular formula is C35H32N2O3S. The number of allylic oxidation sites excluding steroid dienone is 1. The Hall–Kier alpha value is -4.55. The van der Waals surface area contributed by atoms with Gasteiger partial charge >= 0.3 is 0 Å². The molecule has 6 heteroatoms. The average Bonchev–Trinajstić information content (AvgIpc) is 3.30. The smallest absolute Gasteiger partial charge is 0.267 e. The molecule has 1 saturated heterocycles. The summed E-state index contributed by atoms with van der Waals surface area (Å²) in [6, 6.07) is 34.0. The highest BCUT2D eigenvalue weighted by Gasteiger charge is 2.33. The SMILES string of the molecule is C=CCc1cc(/C=C2/SC(=NCc3ccccc3)N(Cc3ccccc3)C2=O)cc(OC)c1OCc1ccccc1. The van der Waals surface area contributed by atoms with Gasteiger partial charge in [-0.1, -0.05) is 97.1 Å². The quantitative estimate of drug-likeness (QED) is 0.139. The van der Waals surface area contributed by atoms with E-state index in [4.69, 9.17) is 14.5 Å². The van der Waals surface area contributed by atoms with Gasteiger partial charge in [0.2, 0.25) is 0 Å². The van der Waals surface area contributed by atoms with Crippen LogP contribution in [0.1, 0.15) is 27.8 Å². The number of thioether (sulfide) groups is 1. The molecule has 0 unspecified atom stereocenters. The maximum absolute atomic E-state index is 13.7. The van der Waals surface area contributed by atoms with Gasteiger partial charge in [0, 0.05) is 5.56 Å². The van der Waals surface area contributed by atoms with E-state index in [9.17, 15) is 4.79 Å². The molecule has 1 fully saturated rings. The van der Waals surface area contributed by atoms with Gasteiger partial charge in [0.25, 0.3) is 5.91 Å². The molecule has 0 saturated carbocycles. The van der Waals surface area contributed by atoms with Crippen molar-refractivity contribution in [1.29, 1.82) is 0 Å². The van der Waals surface area contributed by atoms with Crippen molar-refractivity contribution in [2.24, 2.45) is 4.99 Å². The van der Waals surface area contributed by atoms with Gasteiger partial charge in [-0.05, 0) is 58.6 Å². The van der Waals surface area contributed by atoms with Crippen molar-refractivity contribution in [2.45, 2.75) is 26.1 Å². The van der Waals surface area contributed by atoms with Gasteiger partial charge in [-0.25, -0.2) is 0 Å². The van der Waals surface area contributed by atoms with Crippen molar-refractivity contribution in [3.8, 4) is 11.5 Å². The number of amides is 1. The van der Waals surface area contributed by atoms with Crippen LogP contribution in [0.5, 0.6) is 11.5 Å². The van der Waals surface area contributed by atoms with E-state index < -0.39 is 0 Å². The number of carbonyl (C=O) groups excluding carboxylic acids is 1. The van der Waals surface area contributed by atoms with E-state index in [1.807, 2.05) is 115 Å². The number of hydrogen-bond acceptors (Lipinski definition) is 5. The van der Waals surface area contributed by atoms with E-state index in [-0.39, 0.29) is 5.91 Å². The first-order valence-corrected chi connectivity index (χ1v) is 14.3. The van der Waals surface area contributed by atoms with Crippen LogP contribution in [0.25, 0.3) is 6.08 Å². The van der Waals surface area contributed by atoms with E-state index in [0.29, 0.717) is 47.7 Å². The highest BCUT2D eigenvalue weighted by molar-refractivity contribution is 8.18. The minimum absolute atomic E-state index is 0.0701. The van der Waals surface area contributed by atoms with E-state index >= 15 is 0 Å². The first kappa shape index (κ1) is 28.0. The summed E-state index contributed by atoms with van der Waals surface area (Å²) in [7, 11) is 1.63. The molecule has 0 spiro atoms. The number of benzene rings is 4. The molecule has 5 rings (SSSR count). The lowest BCUT2D eigenvalue weighted by Crippen LogP contribution is -2.28. The van der Waals surface area contributed by atoms with Crippen molar-refractivity contribution < 1.29 is 14.3 Å². The third kappa shape index (κ3) is 7.16. The van der Waals surface area contributed by atoms with Gasteiger partial charge in [-0.3, -0.25) is 14.7 Å². The van der Waals surface area contributed by atoms with E-state index in [0.717, 1.165) is 27.8 Å². The van der Waals surface area contributed by atoms with Crippen LogP contribution in [-0.4, -0.2) is 23.1 Å². The molecule has 0 bridgehead atoms. The molecule has 4 aromatic rings. The zero-order valence-corrected chi connectivity index (χ0v) is 23.8. The molecule has 0 radical (unpaired) electrons. The number of nitrogens with zero attached hydrogens (tertiary/aromatic N) is 2. The fraction of sp³-hybridized carbons (Fsp3) is 0.143. The first-order chi connectivity index (χ1) is 20.1. The molecular weight excluding hydrogens is 528 g/mol. The molecule has 206 valence electrons. The van der Waals surface area contributed by atoms with Crippen LogP contribution >= 0.6 is 11.8 Å². The third-order valence-corrected chi connectivity index (χ3v) is 7.62. The second-order valence-corrected chi connectivity index (χ2v) is 10.6. The predicted octanol–water partition coefficient (Wildman–Crippen LogP) is 7.68. The molecule has 1 aliphatic rings. The summed E-state index contributed by atoms with van der Waals surface area (Å²) in [5, 5.41) is 0.690. The molecule has 41 heavy (non-hydrogen) atoms. The number of rotatable bonds is 11. The summed E-state index contributed by atoms with van der Waals surface area (Å²) in [5.74, 6) is 1.22. The molecule has 1 aliphatic heterocycles. The second-order valence-electron chi connectivity index (χ2n) is 9.55. The molecule has 1 heterocycles. The second kappa shape index (κ2) is 13.7. The molecule has 0 atom stereocenters. The van der Waals surface area contributed by atoms with Crippen molar-refractivity contribution in [1.82, 2.24) is 4.90 Å². The summed E-state index contributed by atoms with van der Waals surface area (Å²) in [4.78, 5) is 20.9. The van der Waals surface area contributed by atoms with Crippen molar-refractivity contribution >= 4 is 28.9 Å². The van der Waals surface area contributed by atoms with Crippen LogP contribution in [0.4, 0.5) is 0 Å². The summed E-state index contributed by atoms with van der Waals surface area (Å²) >= 11 is 1.40. The number of hydrogen-bond donors (Lipinski definition) is 0. The van der Waals surface area contributed by atoms with Crippen LogP contribution in [-0.2, 0) is 30.9 Å². The average molecular weight is 561 g/mol. The normalized spacial score (nSPS) is 15.0. The summed E-state index contributed by atoms with van der Waals surface area (Å²) in [5.41, 5.74) is 5.00. The number of methoxy groups -OCH3 is 1. The molecule has 0 aromatic heterocycles. The van der Waals surface area contributed by atoms with Crippen LogP contribution in [0.3, 0.4) is 0 Å². The van der Waals surface area contributed by atoms with Gasteiger partial charge in [-0.2, -0.15) is 0 Å². The highest BCUT2D eigenvalue weighted by Crippen LogP contribution is 2.38. The van der Waals surface area contributed by atoms with Crippen LogP contribution in [0.15, 0.2) is 126 Å². The highest BCUT2D eigenvalue weighted by atomic mass is 32.2. The molecule has 0 aliphatic carbocycles. The lowest BCUT2D eigenvalue weighted by atomic mass is 10.0. The summed E-state index contributed by atoms with van der Waals surface area (Å²) in [6.45, 7) is 5.30. The van der Waals surface area contributed by atoms with Crippen molar-refractivity contribution in [3.63, 3.8) is 0 Å². The molecule has 4 aromatic carbocycles. The minimum Gasteiger partial charge on any atom is -0.493 e. The van der Waals surface area contributed by atoms with Crippen molar-refractivity contribution in [3.05, 3.63) is 149 Å². The fourth-order valence-electron chi connectivity index (χ4n) is 4.54. The minimum atomic E-state index is -0.0701. The molecule has 5 nitrogen and oxygen atoms in total. The first-order valence-electron chi connectivity index (χ1n) is 13.5. The Labute approximate surface area is 245 Å². The van der Waals surface area contributed by atoms with Gasteiger partial charge in [0.15, 0.2) is 16.7 Å². The zero-order chi connectivity index (χ0) is 28.4. The van der Waals surface area contributed by atoms with Gasteiger partial charge < -0.3 is 9.47 Å². The lowest BCUT2D eigenvalue weighted by Gasteiger charge is -2.16. The molecule has 0 N–H and O–H groups in total. The number of aliphatic imine (C=N–C) groups is 1. The van der Waals surface area contributed by atoms with Gasteiger partial charge in [0.1, 0.15) is 6.61 Å². The Morgan fingerprint density at radius 3 is 2.15 bits per heavy atom. The Kier molecular flexibility index (Phi) is 9.34. The van der Waals surface area contributed by atoms with Crippen LogP contribution < -0.4 is 9.47 Å². The van der Waals surface area contributed by atoms with Crippen LogP contribution in [0.2, 0.25) is 0 Å². The Balaban J connectivity index is 1.45. The van der Waals surface area contributed by atoms with Crippen LogP contribution in [0, 0.1) is 0 Å². The Morgan fingerprint density at radius 1 is 0.878 bits per heavy atom. The lowest BCUT2D eigenvalue weighted by molar-refractivity contribution is -0.122. The van der Waals surface area contributed by atoms with E-state index in [1.165, 1.54) is 11.8 Å². The van der Waals surface area contributed by atoms with Gasteiger partial charge in [0.05, 0.1) is 25.1 Å². The summed E-state index contributed by atoms with van der Waals surface area (Å²) in [6.07, 6.45) is 4.35. The Bertz CT molecular complexity index is 1550. The number of amidine groups is 1. The maximum Gasteiger partial charge on any atom is 0.267 e. The number of carbonyl (C=O) groups is 1. The third-order valence-electron chi connectivity index (χ3n) is 6.57.